The van der Waals surface area contributed by atoms with E-state index >= 15 is 0 Å². The maximum atomic E-state index is 12.6. The van der Waals surface area contributed by atoms with Crippen molar-refractivity contribution in [2.45, 2.75) is 26.3 Å². The number of carbonyl (C=O) groups excluding carboxylic acids is 1. The lowest BCUT2D eigenvalue weighted by Crippen LogP contribution is -2.27. The third-order valence-electron chi connectivity index (χ3n) is 2.36. The molecule has 0 radical (unpaired) electrons. The first-order valence-corrected chi connectivity index (χ1v) is 5.94. The summed E-state index contributed by atoms with van der Waals surface area (Å²) < 4.78 is 12.6. The molecule has 94 valence electrons. The molecular weight excluding hydrogens is 219 g/mol. The monoisotopic (exact) mass is 238 g/mol. The van der Waals surface area contributed by atoms with Crippen molar-refractivity contribution in [3.8, 4) is 0 Å². The highest BCUT2D eigenvalue weighted by molar-refractivity contribution is 5.76. The van der Waals surface area contributed by atoms with Gasteiger partial charge in [-0.15, -0.1) is 0 Å². The van der Waals surface area contributed by atoms with Gasteiger partial charge in [-0.25, -0.2) is 4.39 Å². The Morgan fingerprint density at radius 3 is 2.59 bits per heavy atom. The van der Waals surface area contributed by atoms with E-state index < -0.39 is 0 Å². The number of hydrogen-bond acceptors (Lipinski definition) is 2. The van der Waals surface area contributed by atoms with Crippen LogP contribution in [0.3, 0.4) is 0 Å². The van der Waals surface area contributed by atoms with Crippen LogP contribution >= 0.6 is 0 Å². The van der Waals surface area contributed by atoms with Crippen LogP contribution in [0, 0.1) is 5.82 Å². The molecule has 0 atom stereocenters. The molecule has 0 saturated carbocycles. The smallest absolute Gasteiger partial charge is 0.221 e. The number of rotatable bonds is 7. The highest BCUT2D eigenvalue weighted by atomic mass is 19.1. The van der Waals surface area contributed by atoms with Crippen LogP contribution in [0.4, 0.5) is 4.39 Å². The largest absolute Gasteiger partial charge is 0.352 e. The molecule has 0 aliphatic heterocycles. The number of hydrogen-bond donors (Lipinski definition) is 2. The molecule has 3 nitrogen and oxygen atoms in total. The van der Waals surface area contributed by atoms with Crippen LogP contribution in [0.25, 0.3) is 0 Å². The minimum atomic E-state index is -0.260. The molecule has 0 aliphatic carbocycles. The van der Waals surface area contributed by atoms with E-state index in [2.05, 4.69) is 17.6 Å². The van der Waals surface area contributed by atoms with Gasteiger partial charge in [0, 0.05) is 19.5 Å². The summed E-state index contributed by atoms with van der Waals surface area (Å²) in [4.78, 5) is 11.4. The molecular formula is C13H19FN2O. The predicted molar refractivity (Wildman–Crippen MR) is 66.0 cm³/mol. The second kappa shape index (κ2) is 7.79. The molecule has 0 saturated heterocycles. The Balaban J connectivity index is 2.17. The lowest BCUT2D eigenvalue weighted by molar-refractivity contribution is -0.121. The predicted octanol–water partition coefficient (Wildman–Crippen LogP) is 1.83. The average molecular weight is 238 g/mol. The Hall–Kier alpha value is -1.42. The normalized spacial score (nSPS) is 10.2. The van der Waals surface area contributed by atoms with Crippen molar-refractivity contribution in [1.29, 1.82) is 0 Å². The van der Waals surface area contributed by atoms with Crippen LogP contribution in [-0.4, -0.2) is 19.0 Å². The summed E-state index contributed by atoms with van der Waals surface area (Å²) in [6, 6.07) is 6.13. The van der Waals surface area contributed by atoms with E-state index in [1.54, 1.807) is 12.1 Å². The van der Waals surface area contributed by atoms with Gasteiger partial charge in [0.25, 0.3) is 0 Å². The molecule has 0 bridgehead atoms. The van der Waals surface area contributed by atoms with Crippen LogP contribution in [0.15, 0.2) is 24.3 Å². The van der Waals surface area contributed by atoms with Gasteiger partial charge in [-0.3, -0.25) is 4.79 Å². The number of nitrogens with one attached hydrogen (secondary N) is 2. The lowest BCUT2D eigenvalue weighted by Gasteiger charge is -2.06. The van der Waals surface area contributed by atoms with Crippen molar-refractivity contribution in [1.82, 2.24) is 10.6 Å². The molecule has 1 aromatic carbocycles. The van der Waals surface area contributed by atoms with Crippen molar-refractivity contribution in [2.24, 2.45) is 0 Å². The topological polar surface area (TPSA) is 41.1 Å². The number of halogens is 1. The van der Waals surface area contributed by atoms with Gasteiger partial charge in [-0.1, -0.05) is 19.1 Å². The fraction of sp³-hybridized carbons (Fsp3) is 0.462. The lowest BCUT2D eigenvalue weighted by atomic mass is 10.2. The van der Waals surface area contributed by atoms with Crippen LogP contribution in [-0.2, 0) is 11.3 Å². The molecule has 0 spiro atoms. The number of carbonyl (C=O) groups is 1. The highest BCUT2D eigenvalue weighted by Crippen LogP contribution is 2.01. The molecule has 1 aromatic rings. The summed E-state index contributed by atoms with van der Waals surface area (Å²) in [7, 11) is 0. The fourth-order valence-electron chi connectivity index (χ4n) is 1.39. The van der Waals surface area contributed by atoms with E-state index in [9.17, 15) is 9.18 Å². The Morgan fingerprint density at radius 1 is 1.24 bits per heavy atom. The second-order valence-electron chi connectivity index (χ2n) is 3.90. The molecule has 0 heterocycles. The van der Waals surface area contributed by atoms with Gasteiger partial charge >= 0.3 is 0 Å². The van der Waals surface area contributed by atoms with Gasteiger partial charge in [0.2, 0.25) is 5.91 Å². The van der Waals surface area contributed by atoms with E-state index in [0.717, 1.165) is 18.5 Å². The standard InChI is InChI=1S/C13H19FN2O/c1-2-8-15-9-7-13(17)16-10-11-3-5-12(14)6-4-11/h3-6,15H,2,7-10H2,1H3,(H,16,17). The van der Waals surface area contributed by atoms with Crippen molar-refractivity contribution in [2.75, 3.05) is 13.1 Å². The summed E-state index contributed by atoms with van der Waals surface area (Å²) in [6.07, 6.45) is 1.54. The van der Waals surface area contributed by atoms with Gasteiger partial charge in [0.05, 0.1) is 0 Å². The van der Waals surface area contributed by atoms with Gasteiger partial charge in [0.15, 0.2) is 0 Å². The number of benzene rings is 1. The van der Waals surface area contributed by atoms with Crippen LogP contribution in [0.2, 0.25) is 0 Å². The van der Waals surface area contributed by atoms with Crippen molar-refractivity contribution in [3.63, 3.8) is 0 Å². The minimum absolute atomic E-state index is 0.0120. The molecule has 1 amide bonds. The highest BCUT2D eigenvalue weighted by Gasteiger charge is 2.00. The van der Waals surface area contributed by atoms with Gasteiger partial charge in [-0.05, 0) is 30.7 Å². The van der Waals surface area contributed by atoms with Gasteiger partial charge in [-0.2, -0.15) is 0 Å². The summed E-state index contributed by atoms with van der Waals surface area (Å²) in [5.41, 5.74) is 0.904. The van der Waals surface area contributed by atoms with E-state index in [0.29, 0.717) is 19.5 Å². The van der Waals surface area contributed by atoms with Crippen molar-refractivity contribution < 1.29 is 9.18 Å². The maximum absolute atomic E-state index is 12.6. The molecule has 0 unspecified atom stereocenters. The van der Waals surface area contributed by atoms with Crippen LogP contribution in [0.5, 0.6) is 0 Å². The SMILES string of the molecule is CCCNCCC(=O)NCc1ccc(F)cc1. The summed E-state index contributed by atoms with van der Waals surface area (Å²) in [6.45, 7) is 4.17. The number of amides is 1. The average Bonchev–Trinajstić information content (AvgIpc) is 2.34. The fourth-order valence-corrected chi connectivity index (χ4v) is 1.39. The van der Waals surface area contributed by atoms with Crippen molar-refractivity contribution >= 4 is 5.91 Å². The Kier molecular flexibility index (Phi) is 6.25. The minimum Gasteiger partial charge on any atom is -0.352 e. The summed E-state index contributed by atoms with van der Waals surface area (Å²) in [5.74, 6) is -0.248. The quantitative estimate of drug-likeness (QED) is 0.712. The summed E-state index contributed by atoms with van der Waals surface area (Å²) in [5, 5.41) is 5.96. The van der Waals surface area contributed by atoms with Gasteiger partial charge in [0.1, 0.15) is 5.82 Å². The van der Waals surface area contributed by atoms with E-state index in [1.165, 1.54) is 12.1 Å². The first-order chi connectivity index (χ1) is 8.22. The Morgan fingerprint density at radius 2 is 1.94 bits per heavy atom. The molecule has 4 heteroatoms. The third-order valence-corrected chi connectivity index (χ3v) is 2.36. The first kappa shape index (κ1) is 13.6. The Labute approximate surface area is 101 Å². The summed E-state index contributed by atoms with van der Waals surface area (Å²) >= 11 is 0. The maximum Gasteiger partial charge on any atom is 0.221 e. The molecule has 1 rings (SSSR count). The molecule has 0 aromatic heterocycles. The first-order valence-electron chi connectivity index (χ1n) is 5.94. The third kappa shape index (κ3) is 6.02. The zero-order chi connectivity index (χ0) is 12.5. The van der Waals surface area contributed by atoms with Crippen molar-refractivity contribution in [3.05, 3.63) is 35.6 Å². The van der Waals surface area contributed by atoms with E-state index in [1.807, 2.05) is 0 Å². The van der Waals surface area contributed by atoms with E-state index in [4.69, 9.17) is 0 Å². The molecule has 2 N–H and O–H groups in total. The Bertz CT molecular complexity index is 338. The zero-order valence-corrected chi connectivity index (χ0v) is 10.1. The van der Waals surface area contributed by atoms with E-state index in [-0.39, 0.29) is 11.7 Å². The zero-order valence-electron chi connectivity index (χ0n) is 10.1. The molecule has 0 aliphatic rings. The van der Waals surface area contributed by atoms with Crippen LogP contribution < -0.4 is 10.6 Å². The molecule has 17 heavy (non-hydrogen) atoms. The molecule has 0 fully saturated rings. The van der Waals surface area contributed by atoms with Gasteiger partial charge < -0.3 is 10.6 Å². The van der Waals surface area contributed by atoms with Crippen LogP contribution in [0.1, 0.15) is 25.3 Å². The second-order valence-corrected chi connectivity index (χ2v) is 3.90.